The Hall–Kier alpha value is -3.86. The highest BCUT2D eigenvalue weighted by molar-refractivity contribution is 5.88. The number of hydrogen-bond donors (Lipinski definition) is 1. The van der Waals surface area contributed by atoms with E-state index in [2.05, 4.69) is 55.8 Å². The predicted octanol–water partition coefficient (Wildman–Crippen LogP) is 6.28. The molecular formula is C28H29F4N7. The van der Waals surface area contributed by atoms with Crippen molar-refractivity contribution in [2.75, 3.05) is 36.4 Å². The van der Waals surface area contributed by atoms with Crippen molar-refractivity contribution in [1.82, 2.24) is 24.8 Å². The third kappa shape index (κ3) is 5.63. The number of rotatable bonds is 5. The van der Waals surface area contributed by atoms with Crippen molar-refractivity contribution >= 4 is 28.4 Å². The van der Waals surface area contributed by atoms with Crippen LogP contribution in [0.25, 0.3) is 22.2 Å². The Labute approximate surface area is 223 Å². The van der Waals surface area contributed by atoms with Gasteiger partial charge < -0.3 is 10.2 Å². The van der Waals surface area contributed by atoms with Gasteiger partial charge in [0.25, 0.3) is 6.43 Å². The summed E-state index contributed by atoms with van der Waals surface area (Å²) < 4.78 is 57.0. The zero-order valence-corrected chi connectivity index (χ0v) is 22.1. The summed E-state index contributed by atoms with van der Waals surface area (Å²) in [4.78, 5) is 21.4. The number of piperazine rings is 1. The molecule has 1 aromatic carbocycles. The molecule has 1 aliphatic rings. The van der Waals surface area contributed by atoms with Crippen LogP contribution >= 0.6 is 0 Å². The van der Waals surface area contributed by atoms with Crippen molar-refractivity contribution < 1.29 is 17.6 Å². The number of aryl methyl sites for hydroxylation is 1. The number of anilines is 3. The van der Waals surface area contributed by atoms with E-state index in [1.54, 1.807) is 12.3 Å². The zero-order valence-electron chi connectivity index (χ0n) is 22.1. The van der Waals surface area contributed by atoms with Gasteiger partial charge in [-0.2, -0.15) is 0 Å². The molecule has 1 aliphatic heterocycles. The van der Waals surface area contributed by atoms with Crippen molar-refractivity contribution in [3.05, 3.63) is 65.6 Å². The van der Waals surface area contributed by atoms with Crippen LogP contribution in [0, 0.1) is 18.6 Å². The summed E-state index contributed by atoms with van der Waals surface area (Å²) in [7, 11) is 0. The van der Waals surface area contributed by atoms with Crippen LogP contribution in [0.4, 0.5) is 35.0 Å². The quantitative estimate of drug-likeness (QED) is 0.300. The van der Waals surface area contributed by atoms with E-state index in [0.29, 0.717) is 5.82 Å². The lowest BCUT2D eigenvalue weighted by atomic mass is 10.0. The molecule has 0 aliphatic carbocycles. The summed E-state index contributed by atoms with van der Waals surface area (Å²) in [6.45, 7) is 11.8. The molecule has 0 saturated carbocycles. The van der Waals surface area contributed by atoms with Crippen LogP contribution in [0.3, 0.4) is 0 Å². The van der Waals surface area contributed by atoms with Gasteiger partial charge in [-0.3, -0.25) is 9.88 Å². The topological polar surface area (TPSA) is 70.1 Å². The van der Waals surface area contributed by atoms with Crippen LogP contribution in [-0.2, 0) is 0 Å². The molecular weight excluding hydrogens is 510 g/mol. The first-order valence-corrected chi connectivity index (χ1v) is 12.6. The lowest BCUT2D eigenvalue weighted by molar-refractivity contribution is 0.128. The minimum Gasteiger partial charge on any atom is -0.368 e. The smallest absolute Gasteiger partial charge is 0.264 e. The maximum atomic E-state index is 14.9. The third-order valence-corrected chi connectivity index (χ3v) is 6.86. The molecule has 0 bridgehead atoms. The Kier molecular flexibility index (Phi) is 7.11. The standard InChI is InChI=1S/C28H29F4N7/c1-16-11-20(26(31)32)19-12-17(13-21(29)25(19)35-16)24-22(30)15-34-27(37-24)36-23-6-5-18(14-33-23)38-7-9-39(10-8-38)28(2,3)4/h5-6,11-15,26H,7-10H2,1-4H3,(H,33,34,36,37). The van der Waals surface area contributed by atoms with Crippen LogP contribution in [0.1, 0.15) is 38.5 Å². The number of hydrogen-bond acceptors (Lipinski definition) is 7. The molecule has 204 valence electrons. The Morgan fingerprint density at radius 2 is 1.64 bits per heavy atom. The van der Waals surface area contributed by atoms with Crippen molar-refractivity contribution in [3.63, 3.8) is 0 Å². The summed E-state index contributed by atoms with van der Waals surface area (Å²) in [5.41, 5.74) is 0.554. The monoisotopic (exact) mass is 539 g/mol. The molecule has 0 atom stereocenters. The normalized spacial score (nSPS) is 14.8. The first-order valence-electron chi connectivity index (χ1n) is 12.6. The molecule has 11 heteroatoms. The third-order valence-electron chi connectivity index (χ3n) is 6.86. The molecule has 1 fully saturated rings. The van der Waals surface area contributed by atoms with Gasteiger partial charge in [0.2, 0.25) is 5.95 Å². The van der Waals surface area contributed by atoms with E-state index in [0.717, 1.165) is 44.1 Å². The second-order valence-electron chi connectivity index (χ2n) is 10.6. The average Bonchev–Trinajstić information content (AvgIpc) is 2.89. The number of fused-ring (bicyclic) bond motifs is 1. The molecule has 1 saturated heterocycles. The summed E-state index contributed by atoms with van der Waals surface area (Å²) in [5, 5.41) is 2.84. The highest BCUT2D eigenvalue weighted by Gasteiger charge is 2.26. The molecule has 0 unspecified atom stereocenters. The summed E-state index contributed by atoms with van der Waals surface area (Å²) in [6, 6.07) is 7.21. The fourth-order valence-electron chi connectivity index (χ4n) is 4.79. The molecule has 7 nitrogen and oxygen atoms in total. The highest BCUT2D eigenvalue weighted by atomic mass is 19.3. The van der Waals surface area contributed by atoms with E-state index in [1.807, 2.05) is 6.07 Å². The molecule has 0 radical (unpaired) electrons. The Morgan fingerprint density at radius 3 is 2.28 bits per heavy atom. The minimum atomic E-state index is -2.85. The van der Waals surface area contributed by atoms with Gasteiger partial charge in [0.15, 0.2) is 5.82 Å². The van der Waals surface area contributed by atoms with Crippen LogP contribution < -0.4 is 10.2 Å². The molecule has 0 amide bonds. The van der Waals surface area contributed by atoms with Crippen molar-refractivity contribution in [1.29, 1.82) is 0 Å². The molecule has 4 aromatic rings. The zero-order chi connectivity index (χ0) is 27.9. The largest absolute Gasteiger partial charge is 0.368 e. The number of benzene rings is 1. The predicted molar refractivity (Wildman–Crippen MR) is 143 cm³/mol. The van der Waals surface area contributed by atoms with Crippen molar-refractivity contribution in [2.24, 2.45) is 0 Å². The lowest BCUT2D eigenvalue weighted by Crippen LogP contribution is -2.53. The number of nitrogens with zero attached hydrogens (tertiary/aromatic N) is 6. The fraction of sp³-hybridized carbons (Fsp3) is 0.357. The Bertz CT molecular complexity index is 1500. The van der Waals surface area contributed by atoms with Gasteiger partial charge in [0.1, 0.15) is 22.8 Å². The van der Waals surface area contributed by atoms with Gasteiger partial charge >= 0.3 is 0 Å². The van der Waals surface area contributed by atoms with Gasteiger partial charge in [0.05, 0.1) is 18.1 Å². The second kappa shape index (κ2) is 10.4. The van der Waals surface area contributed by atoms with E-state index in [9.17, 15) is 17.6 Å². The molecule has 5 rings (SSSR count). The van der Waals surface area contributed by atoms with Crippen LogP contribution in [0.2, 0.25) is 0 Å². The number of nitrogens with one attached hydrogen (secondary N) is 1. The fourth-order valence-corrected chi connectivity index (χ4v) is 4.79. The molecule has 0 spiro atoms. The summed E-state index contributed by atoms with van der Waals surface area (Å²) in [5.74, 6) is -1.20. The van der Waals surface area contributed by atoms with Gasteiger partial charge in [-0.25, -0.2) is 32.5 Å². The molecule has 1 N–H and O–H groups in total. The van der Waals surface area contributed by atoms with Crippen molar-refractivity contribution in [2.45, 2.75) is 39.7 Å². The molecule has 4 heterocycles. The van der Waals surface area contributed by atoms with E-state index in [-0.39, 0.29) is 44.9 Å². The maximum Gasteiger partial charge on any atom is 0.264 e. The number of alkyl halides is 2. The van der Waals surface area contributed by atoms with E-state index < -0.39 is 18.1 Å². The first-order chi connectivity index (χ1) is 18.5. The minimum absolute atomic E-state index is 0.00629. The number of aromatic nitrogens is 4. The SMILES string of the molecule is Cc1cc(C(F)F)c2cc(-c3nc(Nc4ccc(N5CCN(C(C)(C)C)CC5)cn4)ncc3F)cc(F)c2n1. The molecule has 3 aromatic heterocycles. The number of halogens is 4. The van der Waals surface area contributed by atoms with E-state index in [1.165, 1.54) is 19.1 Å². The number of pyridine rings is 2. The Morgan fingerprint density at radius 1 is 0.897 bits per heavy atom. The van der Waals surface area contributed by atoms with Crippen LogP contribution in [0.5, 0.6) is 0 Å². The maximum absolute atomic E-state index is 14.9. The second-order valence-corrected chi connectivity index (χ2v) is 10.6. The molecule has 39 heavy (non-hydrogen) atoms. The van der Waals surface area contributed by atoms with Crippen LogP contribution in [0.15, 0.2) is 42.7 Å². The van der Waals surface area contributed by atoms with E-state index in [4.69, 9.17) is 0 Å². The van der Waals surface area contributed by atoms with Gasteiger partial charge in [-0.1, -0.05) is 0 Å². The average molecular weight is 540 g/mol. The lowest BCUT2D eigenvalue weighted by Gasteiger charge is -2.42. The highest BCUT2D eigenvalue weighted by Crippen LogP contribution is 2.33. The summed E-state index contributed by atoms with van der Waals surface area (Å²) in [6.07, 6.45) is -0.163. The Balaban J connectivity index is 1.37. The summed E-state index contributed by atoms with van der Waals surface area (Å²) >= 11 is 0. The van der Waals surface area contributed by atoms with E-state index >= 15 is 0 Å². The van der Waals surface area contributed by atoms with Crippen LogP contribution in [-0.4, -0.2) is 56.6 Å². The van der Waals surface area contributed by atoms with Gasteiger partial charge in [-0.05, 0) is 58.0 Å². The van der Waals surface area contributed by atoms with Crippen molar-refractivity contribution in [3.8, 4) is 11.3 Å². The first kappa shape index (κ1) is 26.7. The van der Waals surface area contributed by atoms with Gasteiger partial charge in [0, 0.05) is 53.9 Å². The van der Waals surface area contributed by atoms with Gasteiger partial charge in [-0.15, -0.1) is 0 Å².